The van der Waals surface area contributed by atoms with Crippen molar-refractivity contribution in [1.82, 2.24) is 9.97 Å². The highest BCUT2D eigenvalue weighted by Crippen LogP contribution is 2.16. The van der Waals surface area contributed by atoms with E-state index in [2.05, 4.69) is 23.8 Å². The van der Waals surface area contributed by atoms with Gasteiger partial charge in [-0.1, -0.05) is 26.0 Å². The zero-order chi connectivity index (χ0) is 16.4. The molecule has 0 aliphatic carbocycles. The van der Waals surface area contributed by atoms with Crippen LogP contribution in [0.15, 0.2) is 40.5 Å². The SMILES string of the molecule is CC(C)c1ccc(C(=O)OCc2nc3ccsc3c(=O)[nH]2)cc1. The van der Waals surface area contributed by atoms with E-state index in [1.165, 1.54) is 11.3 Å². The Morgan fingerprint density at radius 2 is 2.00 bits per heavy atom. The van der Waals surface area contributed by atoms with Gasteiger partial charge in [-0.05, 0) is 35.1 Å². The van der Waals surface area contributed by atoms with Gasteiger partial charge in [0.05, 0.1) is 11.1 Å². The Morgan fingerprint density at radius 3 is 2.70 bits per heavy atom. The Balaban J connectivity index is 1.71. The number of aromatic nitrogens is 2. The molecule has 0 bridgehead atoms. The van der Waals surface area contributed by atoms with Crippen LogP contribution in [0.4, 0.5) is 0 Å². The summed E-state index contributed by atoms with van der Waals surface area (Å²) in [4.78, 5) is 30.8. The molecule has 0 saturated heterocycles. The molecule has 0 atom stereocenters. The van der Waals surface area contributed by atoms with Crippen LogP contribution in [0, 0.1) is 0 Å². The minimum absolute atomic E-state index is 0.0637. The smallest absolute Gasteiger partial charge is 0.338 e. The van der Waals surface area contributed by atoms with Gasteiger partial charge in [0.2, 0.25) is 0 Å². The van der Waals surface area contributed by atoms with Crippen LogP contribution in [0.2, 0.25) is 0 Å². The van der Waals surface area contributed by atoms with Crippen molar-refractivity contribution < 1.29 is 9.53 Å². The summed E-state index contributed by atoms with van der Waals surface area (Å²) in [6, 6.07) is 9.09. The molecule has 23 heavy (non-hydrogen) atoms. The van der Waals surface area contributed by atoms with Gasteiger partial charge in [-0.2, -0.15) is 0 Å². The maximum atomic E-state index is 12.1. The fraction of sp³-hybridized carbons (Fsp3) is 0.235. The van der Waals surface area contributed by atoms with Gasteiger partial charge in [-0.15, -0.1) is 11.3 Å². The van der Waals surface area contributed by atoms with Crippen LogP contribution in [0.25, 0.3) is 10.2 Å². The van der Waals surface area contributed by atoms with Crippen molar-refractivity contribution in [2.24, 2.45) is 0 Å². The predicted molar refractivity (Wildman–Crippen MR) is 89.9 cm³/mol. The van der Waals surface area contributed by atoms with Crippen molar-refractivity contribution in [1.29, 1.82) is 0 Å². The molecule has 6 heteroatoms. The van der Waals surface area contributed by atoms with Crippen LogP contribution < -0.4 is 5.56 Å². The Bertz CT molecular complexity index is 894. The van der Waals surface area contributed by atoms with Crippen LogP contribution in [0.3, 0.4) is 0 Å². The Kier molecular flexibility index (Phi) is 4.25. The molecule has 1 aromatic carbocycles. The number of carbonyl (C=O) groups is 1. The zero-order valence-electron chi connectivity index (χ0n) is 12.8. The van der Waals surface area contributed by atoms with Crippen LogP contribution in [0.5, 0.6) is 0 Å². The number of nitrogens with zero attached hydrogens (tertiary/aromatic N) is 1. The van der Waals surface area contributed by atoms with Crippen LogP contribution in [0.1, 0.15) is 41.5 Å². The molecule has 0 aliphatic heterocycles. The van der Waals surface area contributed by atoms with E-state index in [4.69, 9.17) is 4.74 Å². The van der Waals surface area contributed by atoms with Crippen molar-refractivity contribution in [2.45, 2.75) is 26.4 Å². The zero-order valence-corrected chi connectivity index (χ0v) is 13.6. The van der Waals surface area contributed by atoms with Crippen molar-refractivity contribution in [3.8, 4) is 0 Å². The molecule has 0 saturated carbocycles. The number of benzene rings is 1. The predicted octanol–water partition coefficient (Wildman–Crippen LogP) is 3.47. The van der Waals surface area contributed by atoms with Gasteiger partial charge in [-0.3, -0.25) is 4.79 Å². The largest absolute Gasteiger partial charge is 0.454 e. The first-order valence-corrected chi connectivity index (χ1v) is 8.16. The normalized spacial score (nSPS) is 11.1. The number of rotatable bonds is 4. The van der Waals surface area contributed by atoms with E-state index in [-0.39, 0.29) is 12.2 Å². The summed E-state index contributed by atoms with van der Waals surface area (Å²) < 4.78 is 5.80. The number of H-pyrrole nitrogens is 1. The summed E-state index contributed by atoms with van der Waals surface area (Å²) in [5, 5.41) is 1.80. The molecule has 1 N–H and O–H groups in total. The molecule has 0 fully saturated rings. The minimum atomic E-state index is -0.437. The second-order valence-corrected chi connectivity index (χ2v) is 6.42. The van der Waals surface area contributed by atoms with Crippen molar-refractivity contribution in [3.63, 3.8) is 0 Å². The molecular formula is C17H16N2O3S. The van der Waals surface area contributed by atoms with Gasteiger partial charge >= 0.3 is 5.97 Å². The first kappa shape index (κ1) is 15.4. The van der Waals surface area contributed by atoms with E-state index in [9.17, 15) is 9.59 Å². The molecular weight excluding hydrogens is 312 g/mol. The third-order valence-corrected chi connectivity index (χ3v) is 4.42. The van der Waals surface area contributed by atoms with Crippen LogP contribution in [-0.4, -0.2) is 15.9 Å². The van der Waals surface area contributed by atoms with E-state index < -0.39 is 5.97 Å². The minimum Gasteiger partial charge on any atom is -0.454 e. The highest BCUT2D eigenvalue weighted by molar-refractivity contribution is 7.17. The lowest BCUT2D eigenvalue weighted by atomic mass is 10.0. The molecule has 0 unspecified atom stereocenters. The highest BCUT2D eigenvalue weighted by atomic mass is 32.1. The Hall–Kier alpha value is -2.47. The van der Waals surface area contributed by atoms with Gasteiger partial charge in [0.1, 0.15) is 17.1 Å². The van der Waals surface area contributed by atoms with E-state index in [1.54, 1.807) is 23.6 Å². The summed E-state index contributed by atoms with van der Waals surface area (Å²) in [7, 11) is 0. The second-order valence-electron chi connectivity index (χ2n) is 5.50. The summed E-state index contributed by atoms with van der Waals surface area (Å²) in [6.45, 7) is 4.12. The summed E-state index contributed by atoms with van der Waals surface area (Å²) in [6.07, 6.45) is 0. The number of esters is 1. The number of carbonyl (C=O) groups excluding carboxylic acids is 1. The topological polar surface area (TPSA) is 72.0 Å². The van der Waals surface area contributed by atoms with Gasteiger partial charge < -0.3 is 9.72 Å². The van der Waals surface area contributed by atoms with Gasteiger partial charge in [0.15, 0.2) is 0 Å². The molecule has 0 amide bonds. The summed E-state index contributed by atoms with van der Waals surface area (Å²) in [5.74, 6) is 0.313. The summed E-state index contributed by atoms with van der Waals surface area (Å²) >= 11 is 1.33. The Labute approximate surface area is 137 Å². The third kappa shape index (κ3) is 3.32. The molecule has 0 radical (unpaired) electrons. The van der Waals surface area contributed by atoms with Crippen molar-refractivity contribution in [3.05, 3.63) is 63.0 Å². The maximum absolute atomic E-state index is 12.1. The van der Waals surface area contributed by atoms with Gasteiger partial charge in [0.25, 0.3) is 5.56 Å². The van der Waals surface area contributed by atoms with E-state index in [1.807, 2.05) is 12.1 Å². The molecule has 2 heterocycles. The van der Waals surface area contributed by atoms with Crippen molar-refractivity contribution >= 4 is 27.5 Å². The van der Waals surface area contributed by atoms with Crippen molar-refractivity contribution in [2.75, 3.05) is 0 Å². The lowest BCUT2D eigenvalue weighted by Crippen LogP contribution is -2.13. The number of nitrogens with one attached hydrogen (secondary N) is 1. The molecule has 118 valence electrons. The maximum Gasteiger partial charge on any atom is 0.338 e. The molecule has 3 aromatic rings. The number of aromatic amines is 1. The third-order valence-electron chi connectivity index (χ3n) is 3.52. The molecule has 3 rings (SSSR count). The average Bonchev–Trinajstić information content (AvgIpc) is 3.02. The molecule has 5 nitrogen and oxygen atoms in total. The van der Waals surface area contributed by atoms with E-state index >= 15 is 0 Å². The molecule has 0 spiro atoms. The fourth-order valence-corrected chi connectivity index (χ4v) is 2.94. The lowest BCUT2D eigenvalue weighted by Gasteiger charge is -2.07. The van der Waals surface area contributed by atoms with E-state index in [0.29, 0.717) is 27.5 Å². The summed E-state index contributed by atoms with van der Waals surface area (Å²) in [5.41, 5.74) is 2.05. The standard InChI is InChI=1S/C17H16N2O3S/c1-10(2)11-3-5-12(6-4-11)17(21)22-9-14-18-13-7-8-23-15(13)16(20)19-14/h3-8,10H,9H2,1-2H3,(H,18,19,20). The fourth-order valence-electron chi connectivity index (χ4n) is 2.21. The van der Waals surface area contributed by atoms with Crippen LogP contribution in [-0.2, 0) is 11.3 Å². The highest BCUT2D eigenvalue weighted by Gasteiger charge is 2.10. The monoisotopic (exact) mass is 328 g/mol. The number of thiophene rings is 1. The average molecular weight is 328 g/mol. The quantitative estimate of drug-likeness (QED) is 0.744. The first-order valence-electron chi connectivity index (χ1n) is 7.28. The lowest BCUT2D eigenvalue weighted by molar-refractivity contribution is 0.0462. The first-order chi connectivity index (χ1) is 11.0. The molecule has 0 aliphatic rings. The number of fused-ring (bicyclic) bond motifs is 1. The number of hydrogen-bond acceptors (Lipinski definition) is 5. The van der Waals surface area contributed by atoms with Gasteiger partial charge in [-0.25, -0.2) is 9.78 Å². The van der Waals surface area contributed by atoms with Gasteiger partial charge in [0, 0.05) is 0 Å². The number of ether oxygens (including phenoxy) is 1. The molecule has 2 aromatic heterocycles. The van der Waals surface area contributed by atoms with E-state index in [0.717, 1.165) is 5.56 Å². The van der Waals surface area contributed by atoms with Crippen LogP contribution >= 0.6 is 11.3 Å². The second kappa shape index (κ2) is 6.34. The Morgan fingerprint density at radius 1 is 1.26 bits per heavy atom. The number of hydrogen-bond donors (Lipinski definition) is 1.